The van der Waals surface area contributed by atoms with Gasteiger partial charge in [0.25, 0.3) is 0 Å². The molecule has 0 saturated carbocycles. The lowest BCUT2D eigenvalue weighted by molar-refractivity contribution is 0.0199. The molecule has 0 bridgehead atoms. The normalized spacial score (nSPS) is 22.5. The maximum Gasteiger partial charge on any atom is 0.139 e. The van der Waals surface area contributed by atoms with Crippen molar-refractivity contribution in [3.05, 3.63) is 65.5 Å². The number of fused-ring (bicyclic) bond motifs is 1. The average Bonchev–Trinajstić information content (AvgIpc) is 2.82. The first-order valence-corrected chi connectivity index (χ1v) is 8.62. The van der Waals surface area contributed by atoms with Crippen molar-refractivity contribution >= 4 is 0 Å². The second-order valence-electron chi connectivity index (χ2n) is 6.51. The van der Waals surface area contributed by atoms with Gasteiger partial charge in [0, 0.05) is 43.5 Å². The van der Waals surface area contributed by atoms with Gasteiger partial charge in [-0.1, -0.05) is 36.4 Å². The van der Waals surface area contributed by atoms with E-state index < -0.39 is 0 Å². The summed E-state index contributed by atoms with van der Waals surface area (Å²) in [7, 11) is 0. The van der Waals surface area contributed by atoms with Gasteiger partial charge in [0.2, 0.25) is 0 Å². The molecule has 0 N–H and O–H groups in total. The largest absolute Gasteiger partial charge is 0.484 e. The highest BCUT2D eigenvalue weighted by atomic mass is 19.1. The Kier molecular flexibility index (Phi) is 4.50. The molecule has 0 spiro atoms. The molecule has 0 radical (unpaired) electrons. The first-order valence-electron chi connectivity index (χ1n) is 8.62. The van der Waals surface area contributed by atoms with Crippen LogP contribution < -0.4 is 4.74 Å². The standard InChI is InChI=1S/C20H22FNO2/c21-18-7-3-2-6-17(18)20-14-22(16-9-11-23-12-10-16)13-15-5-1-4-8-19(15)24-20/h1-8,16,20H,9-14H2. The van der Waals surface area contributed by atoms with Crippen LogP contribution in [0.25, 0.3) is 0 Å². The van der Waals surface area contributed by atoms with Gasteiger partial charge < -0.3 is 9.47 Å². The Hall–Kier alpha value is -1.91. The number of hydrogen-bond acceptors (Lipinski definition) is 3. The van der Waals surface area contributed by atoms with Gasteiger partial charge in [0.05, 0.1) is 0 Å². The monoisotopic (exact) mass is 327 g/mol. The minimum absolute atomic E-state index is 0.200. The van der Waals surface area contributed by atoms with Crippen LogP contribution in [0.1, 0.15) is 30.1 Å². The van der Waals surface area contributed by atoms with Crippen LogP contribution in [0.3, 0.4) is 0 Å². The van der Waals surface area contributed by atoms with E-state index in [0.29, 0.717) is 18.2 Å². The number of nitrogens with zero attached hydrogens (tertiary/aromatic N) is 1. The summed E-state index contributed by atoms with van der Waals surface area (Å²) < 4.78 is 26.1. The summed E-state index contributed by atoms with van der Waals surface area (Å²) in [6.45, 7) is 3.13. The zero-order valence-electron chi connectivity index (χ0n) is 13.7. The number of hydrogen-bond donors (Lipinski definition) is 0. The predicted molar refractivity (Wildman–Crippen MR) is 90.5 cm³/mol. The molecule has 2 aliphatic rings. The molecule has 1 saturated heterocycles. The Morgan fingerprint density at radius 2 is 1.71 bits per heavy atom. The Labute approximate surface area is 142 Å². The van der Waals surface area contributed by atoms with Gasteiger partial charge in [-0.3, -0.25) is 4.90 Å². The van der Waals surface area contributed by atoms with E-state index in [-0.39, 0.29) is 11.9 Å². The van der Waals surface area contributed by atoms with Gasteiger partial charge in [-0.05, 0) is 25.0 Å². The molecule has 1 atom stereocenters. The molecule has 3 nitrogen and oxygen atoms in total. The first-order chi connectivity index (χ1) is 11.8. The highest BCUT2D eigenvalue weighted by molar-refractivity contribution is 5.35. The summed E-state index contributed by atoms with van der Waals surface area (Å²) >= 11 is 0. The molecule has 0 aromatic heterocycles. The Bertz CT molecular complexity index is 700. The molecule has 1 fully saturated rings. The number of halogens is 1. The average molecular weight is 327 g/mol. The zero-order valence-corrected chi connectivity index (χ0v) is 13.7. The van der Waals surface area contributed by atoms with E-state index in [1.165, 1.54) is 11.6 Å². The van der Waals surface area contributed by atoms with Crippen molar-refractivity contribution in [2.75, 3.05) is 19.8 Å². The van der Waals surface area contributed by atoms with Gasteiger partial charge in [-0.25, -0.2) is 4.39 Å². The summed E-state index contributed by atoms with van der Waals surface area (Å²) in [6.07, 6.45) is 1.75. The quantitative estimate of drug-likeness (QED) is 0.834. The van der Waals surface area contributed by atoms with E-state index in [1.54, 1.807) is 6.07 Å². The lowest BCUT2D eigenvalue weighted by Crippen LogP contribution is -2.41. The second-order valence-corrected chi connectivity index (χ2v) is 6.51. The summed E-state index contributed by atoms with van der Waals surface area (Å²) in [6, 6.07) is 15.5. The van der Waals surface area contributed by atoms with Crippen molar-refractivity contribution in [3.8, 4) is 5.75 Å². The van der Waals surface area contributed by atoms with Crippen LogP contribution in [0.15, 0.2) is 48.5 Å². The molecule has 4 heteroatoms. The fourth-order valence-corrected chi connectivity index (χ4v) is 3.66. The van der Waals surface area contributed by atoms with Crippen LogP contribution >= 0.6 is 0 Å². The molecular formula is C20H22FNO2. The molecule has 2 aromatic carbocycles. The maximum atomic E-state index is 14.3. The third kappa shape index (κ3) is 3.17. The smallest absolute Gasteiger partial charge is 0.139 e. The van der Waals surface area contributed by atoms with Gasteiger partial charge in [0.1, 0.15) is 17.7 Å². The number of ether oxygens (including phenoxy) is 2. The third-order valence-corrected chi connectivity index (χ3v) is 4.97. The zero-order chi connectivity index (χ0) is 16.4. The van der Waals surface area contributed by atoms with Gasteiger partial charge in [-0.2, -0.15) is 0 Å². The molecular weight excluding hydrogens is 305 g/mol. The fourth-order valence-electron chi connectivity index (χ4n) is 3.66. The molecule has 24 heavy (non-hydrogen) atoms. The van der Waals surface area contributed by atoms with Crippen molar-refractivity contribution in [3.63, 3.8) is 0 Å². The molecule has 2 aromatic rings. The van der Waals surface area contributed by atoms with Gasteiger partial charge in [0.15, 0.2) is 0 Å². The lowest BCUT2D eigenvalue weighted by atomic mass is 10.0. The summed E-state index contributed by atoms with van der Waals surface area (Å²) in [5.74, 6) is 0.661. The third-order valence-electron chi connectivity index (χ3n) is 4.97. The number of para-hydroxylation sites is 1. The molecule has 0 aliphatic carbocycles. The molecule has 0 amide bonds. The van der Waals surface area contributed by atoms with Crippen LogP contribution in [0.2, 0.25) is 0 Å². The van der Waals surface area contributed by atoms with Crippen LogP contribution in [-0.4, -0.2) is 30.7 Å². The molecule has 4 rings (SSSR count). The minimum Gasteiger partial charge on any atom is -0.484 e. The van der Waals surface area contributed by atoms with Gasteiger partial charge in [-0.15, -0.1) is 0 Å². The Balaban J connectivity index is 1.68. The number of rotatable bonds is 2. The molecule has 126 valence electrons. The van der Waals surface area contributed by atoms with Crippen molar-refractivity contribution in [2.24, 2.45) is 0 Å². The molecule has 2 heterocycles. The fraction of sp³-hybridized carbons (Fsp3) is 0.400. The Morgan fingerprint density at radius 3 is 2.54 bits per heavy atom. The van der Waals surface area contributed by atoms with E-state index in [2.05, 4.69) is 11.0 Å². The van der Waals surface area contributed by atoms with Gasteiger partial charge >= 0.3 is 0 Å². The summed E-state index contributed by atoms with van der Waals surface area (Å²) in [5, 5.41) is 0. The molecule has 1 unspecified atom stereocenters. The predicted octanol–water partition coefficient (Wildman–Crippen LogP) is 3.94. The van der Waals surface area contributed by atoms with E-state index in [9.17, 15) is 4.39 Å². The number of benzene rings is 2. The van der Waals surface area contributed by atoms with Crippen LogP contribution in [0.4, 0.5) is 4.39 Å². The summed E-state index contributed by atoms with van der Waals surface area (Å²) in [4.78, 5) is 2.44. The lowest BCUT2D eigenvalue weighted by Gasteiger charge is -2.34. The highest BCUT2D eigenvalue weighted by Gasteiger charge is 2.30. The van der Waals surface area contributed by atoms with E-state index in [1.807, 2.05) is 30.3 Å². The summed E-state index contributed by atoms with van der Waals surface area (Å²) in [5.41, 5.74) is 1.80. The maximum absolute atomic E-state index is 14.3. The molecule has 2 aliphatic heterocycles. The van der Waals surface area contributed by atoms with Crippen molar-refractivity contribution in [2.45, 2.75) is 31.5 Å². The van der Waals surface area contributed by atoms with Crippen LogP contribution in [0.5, 0.6) is 5.75 Å². The van der Waals surface area contributed by atoms with Crippen molar-refractivity contribution in [1.29, 1.82) is 0 Å². The Morgan fingerprint density at radius 1 is 0.958 bits per heavy atom. The topological polar surface area (TPSA) is 21.7 Å². The van der Waals surface area contributed by atoms with E-state index in [0.717, 1.165) is 38.3 Å². The van der Waals surface area contributed by atoms with Crippen molar-refractivity contribution in [1.82, 2.24) is 4.90 Å². The van der Waals surface area contributed by atoms with E-state index >= 15 is 0 Å². The van der Waals surface area contributed by atoms with Crippen LogP contribution in [0, 0.1) is 5.82 Å². The minimum atomic E-state index is -0.294. The SMILES string of the molecule is Fc1ccccc1C1CN(C2CCOCC2)Cc2ccccc2O1. The highest BCUT2D eigenvalue weighted by Crippen LogP contribution is 2.34. The van der Waals surface area contributed by atoms with Crippen LogP contribution in [-0.2, 0) is 11.3 Å². The van der Waals surface area contributed by atoms with Crippen molar-refractivity contribution < 1.29 is 13.9 Å². The second kappa shape index (κ2) is 6.91. The first kappa shape index (κ1) is 15.6. The van der Waals surface area contributed by atoms with E-state index in [4.69, 9.17) is 9.47 Å².